The van der Waals surface area contributed by atoms with Gasteiger partial charge in [-0.1, -0.05) is 6.42 Å². The van der Waals surface area contributed by atoms with E-state index in [2.05, 4.69) is 4.90 Å². The van der Waals surface area contributed by atoms with Crippen LogP contribution in [0.5, 0.6) is 0 Å². The molecule has 1 saturated carbocycles. The second-order valence-corrected chi connectivity index (χ2v) is 7.87. The van der Waals surface area contributed by atoms with Crippen molar-refractivity contribution in [2.45, 2.75) is 43.4 Å². The summed E-state index contributed by atoms with van der Waals surface area (Å²) in [6.07, 6.45) is 6.67. The molecule has 0 aromatic carbocycles. The van der Waals surface area contributed by atoms with Gasteiger partial charge in [0.1, 0.15) is 0 Å². The Morgan fingerprint density at radius 2 is 2.00 bits per heavy atom. The first-order valence-corrected chi connectivity index (χ1v) is 8.61. The first-order chi connectivity index (χ1) is 8.02. The normalized spacial score (nSPS) is 36.2. The molecule has 17 heavy (non-hydrogen) atoms. The van der Waals surface area contributed by atoms with Crippen LogP contribution in [0.15, 0.2) is 0 Å². The number of nitrogens with zero attached hydrogens (tertiary/aromatic N) is 1. The van der Waals surface area contributed by atoms with Gasteiger partial charge in [0.15, 0.2) is 9.84 Å². The van der Waals surface area contributed by atoms with E-state index in [9.17, 15) is 8.42 Å². The van der Waals surface area contributed by atoms with Crippen LogP contribution in [0.1, 0.15) is 32.1 Å². The fourth-order valence-corrected chi connectivity index (χ4v) is 4.89. The van der Waals surface area contributed by atoms with Gasteiger partial charge < -0.3 is 5.73 Å². The summed E-state index contributed by atoms with van der Waals surface area (Å²) in [6, 6.07) is 0.249. The Labute approximate surface area is 104 Å². The van der Waals surface area contributed by atoms with Gasteiger partial charge >= 0.3 is 0 Å². The minimum Gasteiger partial charge on any atom is -0.330 e. The Kier molecular flexibility index (Phi) is 4.10. The zero-order chi connectivity index (χ0) is 12.5. The molecule has 4 nitrogen and oxygen atoms in total. The van der Waals surface area contributed by atoms with E-state index in [1.54, 1.807) is 0 Å². The van der Waals surface area contributed by atoms with Gasteiger partial charge in [-0.2, -0.15) is 0 Å². The third-order valence-corrected chi connectivity index (χ3v) is 5.97. The molecule has 0 aromatic rings. The second kappa shape index (κ2) is 5.24. The molecule has 2 aliphatic rings. The molecule has 1 heterocycles. The number of sulfone groups is 1. The zero-order valence-corrected chi connectivity index (χ0v) is 11.5. The molecule has 0 amide bonds. The van der Waals surface area contributed by atoms with Gasteiger partial charge in [0.2, 0.25) is 0 Å². The first-order valence-electron chi connectivity index (χ1n) is 6.65. The maximum atomic E-state index is 11.8. The smallest absolute Gasteiger partial charge is 0.151 e. The lowest BCUT2D eigenvalue weighted by Gasteiger charge is -2.38. The molecular formula is C12H24N2O2S. The third kappa shape index (κ3) is 3.01. The number of piperidine rings is 1. The molecule has 1 saturated heterocycles. The summed E-state index contributed by atoms with van der Waals surface area (Å²) in [4.78, 5) is 2.39. The predicted molar refractivity (Wildman–Crippen MR) is 69.6 cm³/mol. The first kappa shape index (κ1) is 13.3. The Hall–Kier alpha value is -0.130. The summed E-state index contributed by atoms with van der Waals surface area (Å²) in [7, 11) is -2.90. The molecule has 2 fully saturated rings. The van der Waals surface area contributed by atoms with Crippen LogP contribution in [0.4, 0.5) is 0 Å². The second-order valence-electron chi connectivity index (χ2n) is 5.61. The molecule has 1 aliphatic carbocycles. The maximum Gasteiger partial charge on any atom is 0.151 e. The average molecular weight is 260 g/mol. The van der Waals surface area contributed by atoms with E-state index in [1.165, 1.54) is 12.7 Å². The molecule has 0 bridgehead atoms. The molecule has 0 aromatic heterocycles. The topological polar surface area (TPSA) is 63.4 Å². The van der Waals surface area contributed by atoms with E-state index in [4.69, 9.17) is 5.73 Å². The third-order valence-electron chi connectivity index (χ3n) is 4.32. The monoisotopic (exact) mass is 260 g/mol. The van der Waals surface area contributed by atoms with E-state index < -0.39 is 9.84 Å². The molecule has 1 aliphatic heterocycles. The lowest BCUT2D eigenvalue weighted by atomic mass is 9.96. The molecule has 2 N–H and O–H groups in total. The molecule has 3 atom stereocenters. The lowest BCUT2D eigenvalue weighted by molar-refractivity contribution is 0.129. The van der Waals surface area contributed by atoms with Gasteiger partial charge in [-0.25, -0.2) is 8.42 Å². The van der Waals surface area contributed by atoms with Crippen molar-refractivity contribution in [2.24, 2.45) is 11.7 Å². The van der Waals surface area contributed by atoms with Crippen molar-refractivity contribution in [1.29, 1.82) is 0 Å². The summed E-state index contributed by atoms with van der Waals surface area (Å²) in [5, 5.41) is -0.140. The number of likely N-dealkylation sites (tertiary alicyclic amines) is 1. The van der Waals surface area contributed by atoms with Crippen molar-refractivity contribution in [3.63, 3.8) is 0 Å². The van der Waals surface area contributed by atoms with Gasteiger partial charge in [-0.15, -0.1) is 0 Å². The number of rotatable bonds is 3. The minimum absolute atomic E-state index is 0.140. The van der Waals surface area contributed by atoms with E-state index in [1.807, 2.05) is 0 Å². The Bertz CT molecular complexity index is 356. The van der Waals surface area contributed by atoms with Crippen LogP contribution in [-0.2, 0) is 9.84 Å². The summed E-state index contributed by atoms with van der Waals surface area (Å²) in [6.45, 7) is 2.77. The lowest BCUT2D eigenvalue weighted by Crippen LogP contribution is -2.49. The van der Waals surface area contributed by atoms with E-state index >= 15 is 0 Å². The Morgan fingerprint density at radius 3 is 2.65 bits per heavy atom. The highest BCUT2D eigenvalue weighted by atomic mass is 32.2. The van der Waals surface area contributed by atoms with Gasteiger partial charge in [0.05, 0.1) is 5.25 Å². The highest BCUT2D eigenvalue weighted by Gasteiger charge is 2.39. The largest absolute Gasteiger partial charge is 0.330 e. The predicted octanol–water partition coefficient (Wildman–Crippen LogP) is 0.623. The molecule has 2 rings (SSSR count). The van der Waals surface area contributed by atoms with Gasteiger partial charge in [-0.05, 0) is 44.7 Å². The summed E-state index contributed by atoms with van der Waals surface area (Å²) in [5.41, 5.74) is 5.74. The van der Waals surface area contributed by atoms with Crippen LogP contribution in [0, 0.1) is 5.92 Å². The minimum atomic E-state index is -2.90. The SMILES string of the molecule is CS(=O)(=O)C1CCCC1N1CCCC(CN)C1. The Morgan fingerprint density at radius 1 is 1.24 bits per heavy atom. The Balaban J connectivity index is 2.05. The van der Waals surface area contributed by atoms with Crippen molar-refractivity contribution < 1.29 is 8.42 Å². The number of hydrogen-bond acceptors (Lipinski definition) is 4. The molecule has 100 valence electrons. The van der Waals surface area contributed by atoms with Gasteiger partial charge in [0, 0.05) is 18.8 Å². The van der Waals surface area contributed by atoms with Crippen LogP contribution in [0.25, 0.3) is 0 Å². The van der Waals surface area contributed by atoms with Crippen LogP contribution < -0.4 is 5.73 Å². The van der Waals surface area contributed by atoms with Crippen molar-refractivity contribution in [1.82, 2.24) is 4.90 Å². The fraction of sp³-hybridized carbons (Fsp3) is 1.00. The summed E-state index contributed by atoms with van der Waals surface area (Å²) in [5.74, 6) is 0.560. The summed E-state index contributed by atoms with van der Waals surface area (Å²) >= 11 is 0. The highest BCUT2D eigenvalue weighted by molar-refractivity contribution is 7.91. The van der Waals surface area contributed by atoms with Crippen LogP contribution in [0.2, 0.25) is 0 Å². The molecule has 0 spiro atoms. The van der Waals surface area contributed by atoms with Crippen LogP contribution in [-0.4, -0.2) is 50.5 Å². The number of nitrogens with two attached hydrogens (primary N) is 1. The van der Waals surface area contributed by atoms with E-state index in [0.717, 1.165) is 45.3 Å². The quantitative estimate of drug-likeness (QED) is 0.808. The molecular weight excluding hydrogens is 236 g/mol. The van der Waals surface area contributed by atoms with Crippen LogP contribution >= 0.6 is 0 Å². The summed E-state index contributed by atoms with van der Waals surface area (Å²) < 4.78 is 23.6. The maximum absolute atomic E-state index is 11.8. The molecule has 5 heteroatoms. The van der Waals surface area contributed by atoms with E-state index in [-0.39, 0.29) is 11.3 Å². The zero-order valence-electron chi connectivity index (χ0n) is 10.6. The van der Waals surface area contributed by atoms with Crippen molar-refractivity contribution in [2.75, 3.05) is 25.9 Å². The van der Waals surface area contributed by atoms with Gasteiger partial charge in [-0.3, -0.25) is 4.90 Å². The van der Waals surface area contributed by atoms with Gasteiger partial charge in [0.25, 0.3) is 0 Å². The van der Waals surface area contributed by atoms with Crippen molar-refractivity contribution in [3.8, 4) is 0 Å². The van der Waals surface area contributed by atoms with Crippen molar-refractivity contribution in [3.05, 3.63) is 0 Å². The average Bonchev–Trinajstić information content (AvgIpc) is 2.77. The molecule has 3 unspecified atom stereocenters. The van der Waals surface area contributed by atoms with Crippen molar-refractivity contribution >= 4 is 9.84 Å². The number of hydrogen-bond donors (Lipinski definition) is 1. The van der Waals surface area contributed by atoms with Crippen LogP contribution in [0.3, 0.4) is 0 Å². The highest BCUT2D eigenvalue weighted by Crippen LogP contribution is 2.31. The van der Waals surface area contributed by atoms with E-state index in [0.29, 0.717) is 5.92 Å². The standard InChI is InChI=1S/C12H24N2O2S/c1-17(15,16)12-6-2-5-11(12)14-7-3-4-10(8-13)9-14/h10-12H,2-9,13H2,1H3. The molecule has 0 radical (unpaired) electrons. The fourth-order valence-electron chi connectivity index (χ4n) is 3.41.